The van der Waals surface area contributed by atoms with Crippen molar-refractivity contribution in [3.63, 3.8) is 0 Å². The van der Waals surface area contributed by atoms with Crippen molar-refractivity contribution < 1.29 is 9.18 Å². The van der Waals surface area contributed by atoms with Crippen LogP contribution in [0.3, 0.4) is 0 Å². The van der Waals surface area contributed by atoms with Gasteiger partial charge in [0, 0.05) is 4.90 Å². The number of nitrogens with one attached hydrogen (secondary N) is 1. The molecule has 3 rings (SSSR count). The number of fused-ring (bicyclic) bond motifs is 1. The van der Waals surface area contributed by atoms with E-state index in [9.17, 15) is 9.18 Å². The largest absolute Gasteiger partial charge is 0.301 e. The first-order valence-corrected chi connectivity index (χ1v) is 8.87. The molecule has 1 amide bonds. The molecule has 0 fully saturated rings. The summed E-state index contributed by atoms with van der Waals surface area (Å²) in [5, 5.41) is 3.27. The Bertz CT molecular complexity index is 876. The summed E-state index contributed by atoms with van der Waals surface area (Å²) >= 11 is 2.77. The lowest BCUT2D eigenvalue weighted by Gasteiger charge is -2.06. The lowest BCUT2D eigenvalue weighted by Crippen LogP contribution is -2.13. The minimum atomic E-state index is -0.301. The normalized spacial score (nSPS) is 10.9. The van der Waals surface area contributed by atoms with E-state index in [0.717, 1.165) is 9.60 Å². The summed E-state index contributed by atoms with van der Waals surface area (Å²) in [6, 6.07) is 10.6. The van der Waals surface area contributed by atoms with Gasteiger partial charge in [-0.05, 0) is 43.7 Å². The lowest BCUT2D eigenvalue weighted by atomic mass is 10.2. The Hall–Kier alpha value is -1.92. The number of carbonyl (C=O) groups excluding carboxylic acids is 1. The highest BCUT2D eigenvalue weighted by Crippen LogP contribution is 2.27. The average Bonchev–Trinajstić information content (AvgIpc) is 2.87. The maximum Gasteiger partial charge on any atom is 0.236 e. The molecular formula is C17H15FN2OS2. The molecule has 0 atom stereocenters. The number of aryl methyl sites for hydroxylation is 2. The summed E-state index contributed by atoms with van der Waals surface area (Å²) in [4.78, 5) is 17.5. The van der Waals surface area contributed by atoms with Crippen molar-refractivity contribution in [1.29, 1.82) is 0 Å². The fourth-order valence-corrected chi connectivity index (χ4v) is 3.93. The molecule has 0 spiro atoms. The molecule has 1 N–H and O–H groups in total. The second-order valence-electron chi connectivity index (χ2n) is 5.24. The summed E-state index contributed by atoms with van der Waals surface area (Å²) in [6.45, 7) is 4.08. The molecule has 0 unspecified atom stereocenters. The van der Waals surface area contributed by atoms with Crippen LogP contribution in [-0.2, 0) is 4.79 Å². The maximum atomic E-state index is 13.2. The molecule has 0 saturated heterocycles. The summed E-state index contributed by atoms with van der Waals surface area (Å²) in [5.74, 6) is -0.104. The Morgan fingerprint density at radius 2 is 2.09 bits per heavy atom. The quantitative estimate of drug-likeness (QED) is 0.691. The molecule has 23 heavy (non-hydrogen) atoms. The zero-order valence-corrected chi connectivity index (χ0v) is 14.4. The fourth-order valence-electron chi connectivity index (χ4n) is 2.21. The Labute approximate surface area is 141 Å². The first-order chi connectivity index (χ1) is 11.0. The van der Waals surface area contributed by atoms with Crippen LogP contribution in [0.4, 0.5) is 9.52 Å². The van der Waals surface area contributed by atoms with E-state index in [1.54, 1.807) is 6.07 Å². The fraction of sp³-hybridized carbons (Fsp3) is 0.176. The van der Waals surface area contributed by atoms with Gasteiger partial charge < -0.3 is 5.32 Å². The Balaban J connectivity index is 1.64. The number of benzene rings is 2. The summed E-state index contributed by atoms with van der Waals surface area (Å²) < 4.78 is 13.9. The minimum absolute atomic E-state index is 0.116. The van der Waals surface area contributed by atoms with Gasteiger partial charge in [0.1, 0.15) is 5.82 Å². The third kappa shape index (κ3) is 3.89. The number of anilines is 1. The zero-order valence-electron chi connectivity index (χ0n) is 12.7. The van der Waals surface area contributed by atoms with Crippen LogP contribution < -0.4 is 5.32 Å². The SMILES string of the molecule is Cc1ccc(SCC(=O)Nc2nc3ccc(F)cc3s2)c(C)c1. The van der Waals surface area contributed by atoms with Crippen molar-refractivity contribution >= 4 is 44.4 Å². The molecular weight excluding hydrogens is 331 g/mol. The molecule has 1 aromatic heterocycles. The van der Waals surface area contributed by atoms with Crippen molar-refractivity contribution in [2.24, 2.45) is 0 Å². The van der Waals surface area contributed by atoms with Crippen LogP contribution in [0.2, 0.25) is 0 Å². The van der Waals surface area contributed by atoms with Gasteiger partial charge in [0.15, 0.2) is 5.13 Å². The Kier molecular flexibility index (Phi) is 4.63. The van der Waals surface area contributed by atoms with Gasteiger partial charge in [-0.3, -0.25) is 4.79 Å². The predicted octanol–water partition coefficient (Wildman–Crippen LogP) is 4.78. The first-order valence-electron chi connectivity index (χ1n) is 7.07. The number of hydrogen-bond acceptors (Lipinski definition) is 4. The van der Waals surface area contributed by atoms with E-state index in [0.29, 0.717) is 16.4 Å². The number of nitrogens with zero attached hydrogens (tertiary/aromatic N) is 1. The lowest BCUT2D eigenvalue weighted by molar-refractivity contribution is -0.113. The molecule has 0 radical (unpaired) electrons. The molecule has 1 heterocycles. The van der Waals surface area contributed by atoms with Gasteiger partial charge in [-0.15, -0.1) is 11.8 Å². The molecule has 0 aliphatic rings. The van der Waals surface area contributed by atoms with Gasteiger partial charge in [0.2, 0.25) is 5.91 Å². The number of thiazole rings is 1. The smallest absolute Gasteiger partial charge is 0.236 e. The van der Waals surface area contributed by atoms with E-state index in [4.69, 9.17) is 0 Å². The average molecular weight is 346 g/mol. The van der Waals surface area contributed by atoms with Crippen molar-refractivity contribution in [2.45, 2.75) is 18.7 Å². The summed E-state index contributed by atoms with van der Waals surface area (Å²) in [6.07, 6.45) is 0. The van der Waals surface area contributed by atoms with Crippen molar-refractivity contribution in [3.8, 4) is 0 Å². The van der Waals surface area contributed by atoms with E-state index in [1.807, 2.05) is 26.0 Å². The van der Waals surface area contributed by atoms with Crippen LogP contribution in [0, 0.1) is 19.7 Å². The van der Waals surface area contributed by atoms with Crippen LogP contribution in [0.15, 0.2) is 41.3 Å². The number of carbonyl (C=O) groups is 1. The number of aromatic nitrogens is 1. The van der Waals surface area contributed by atoms with Gasteiger partial charge >= 0.3 is 0 Å². The highest BCUT2D eigenvalue weighted by Gasteiger charge is 2.10. The third-order valence-corrected chi connectivity index (χ3v) is 5.40. The Morgan fingerprint density at radius 3 is 2.87 bits per heavy atom. The van der Waals surface area contributed by atoms with E-state index < -0.39 is 0 Å². The number of amides is 1. The van der Waals surface area contributed by atoms with Gasteiger partial charge in [0.25, 0.3) is 0 Å². The molecule has 2 aromatic carbocycles. The molecule has 0 saturated carbocycles. The van der Waals surface area contributed by atoms with Crippen molar-refractivity contribution in [2.75, 3.05) is 11.1 Å². The van der Waals surface area contributed by atoms with Crippen LogP contribution >= 0.6 is 23.1 Å². The van der Waals surface area contributed by atoms with Crippen molar-refractivity contribution in [1.82, 2.24) is 4.98 Å². The standard InChI is InChI=1S/C17H15FN2OS2/c1-10-3-6-14(11(2)7-10)22-9-16(21)20-17-19-13-5-4-12(18)8-15(13)23-17/h3-8H,9H2,1-2H3,(H,19,20,21). The molecule has 3 nitrogen and oxygen atoms in total. The van der Waals surface area contributed by atoms with Gasteiger partial charge in [-0.1, -0.05) is 29.0 Å². The van der Waals surface area contributed by atoms with Crippen LogP contribution in [0.25, 0.3) is 10.2 Å². The summed E-state index contributed by atoms with van der Waals surface area (Å²) in [7, 11) is 0. The highest BCUT2D eigenvalue weighted by atomic mass is 32.2. The number of rotatable bonds is 4. The predicted molar refractivity (Wildman–Crippen MR) is 94.8 cm³/mol. The number of halogens is 1. The van der Waals surface area contributed by atoms with Crippen LogP contribution in [-0.4, -0.2) is 16.6 Å². The second-order valence-corrected chi connectivity index (χ2v) is 7.28. The number of thioether (sulfide) groups is 1. The molecule has 118 valence electrons. The van der Waals surface area contributed by atoms with E-state index >= 15 is 0 Å². The minimum Gasteiger partial charge on any atom is -0.301 e. The maximum absolute atomic E-state index is 13.2. The monoisotopic (exact) mass is 346 g/mol. The first kappa shape index (κ1) is 16.0. The molecule has 6 heteroatoms. The van der Waals surface area contributed by atoms with Crippen molar-refractivity contribution in [3.05, 3.63) is 53.3 Å². The summed E-state index contributed by atoms with van der Waals surface area (Å²) in [5.41, 5.74) is 3.06. The molecule has 3 aromatic rings. The zero-order chi connectivity index (χ0) is 16.4. The van der Waals surface area contributed by atoms with Crippen LogP contribution in [0.1, 0.15) is 11.1 Å². The topological polar surface area (TPSA) is 42.0 Å². The van der Waals surface area contributed by atoms with E-state index in [-0.39, 0.29) is 11.7 Å². The van der Waals surface area contributed by atoms with Gasteiger partial charge in [-0.25, -0.2) is 9.37 Å². The number of hydrogen-bond donors (Lipinski definition) is 1. The third-order valence-electron chi connectivity index (χ3n) is 3.29. The molecule has 0 bridgehead atoms. The van der Waals surface area contributed by atoms with Gasteiger partial charge in [-0.2, -0.15) is 0 Å². The molecule has 0 aliphatic heterocycles. The van der Waals surface area contributed by atoms with E-state index in [2.05, 4.69) is 16.4 Å². The van der Waals surface area contributed by atoms with Gasteiger partial charge in [0.05, 0.1) is 16.0 Å². The second kappa shape index (κ2) is 6.68. The van der Waals surface area contributed by atoms with Crippen LogP contribution in [0.5, 0.6) is 0 Å². The molecule has 0 aliphatic carbocycles. The Morgan fingerprint density at radius 1 is 1.26 bits per heavy atom. The van der Waals surface area contributed by atoms with E-state index in [1.165, 1.54) is 46.4 Å². The highest BCUT2D eigenvalue weighted by molar-refractivity contribution is 8.00.